The molecule has 0 saturated heterocycles. The maximum atomic E-state index is 13.8. The van der Waals surface area contributed by atoms with Crippen molar-refractivity contribution in [2.24, 2.45) is 0 Å². The second kappa shape index (κ2) is 9.59. The molecule has 9 rings (SSSR count). The van der Waals surface area contributed by atoms with E-state index in [-0.39, 0.29) is 11.8 Å². The van der Waals surface area contributed by atoms with E-state index in [1.54, 1.807) is 24.3 Å². The van der Waals surface area contributed by atoms with Crippen LogP contribution >= 0.6 is 0 Å². The molecule has 6 aromatic rings. The second-order valence-electron chi connectivity index (χ2n) is 10.9. The van der Waals surface area contributed by atoms with Gasteiger partial charge < -0.3 is 19.3 Å². The first-order valence-corrected chi connectivity index (χ1v) is 14.6. The Hall–Kier alpha value is -6.34. The molecule has 0 radical (unpaired) electrons. The maximum Gasteiger partial charge on any atom is 0.266 e. The number of para-hydroxylation sites is 8. The summed E-state index contributed by atoms with van der Waals surface area (Å²) in [5.41, 5.74) is 6.09. The van der Waals surface area contributed by atoms with Crippen molar-refractivity contribution in [3.8, 4) is 23.0 Å². The van der Waals surface area contributed by atoms with Gasteiger partial charge in [0.25, 0.3) is 11.8 Å². The third kappa shape index (κ3) is 3.77. The lowest BCUT2D eigenvalue weighted by atomic mass is 10.1. The van der Waals surface area contributed by atoms with E-state index in [2.05, 4.69) is 15.9 Å². The fraction of sp³-hybridized carbons (Fsp3) is 0. The van der Waals surface area contributed by atoms with Crippen molar-refractivity contribution in [3.63, 3.8) is 0 Å². The van der Waals surface area contributed by atoms with Gasteiger partial charge in [0.2, 0.25) is 0 Å². The van der Waals surface area contributed by atoms with Crippen LogP contribution in [0.25, 0.3) is 0 Å². The minimum absolute atomic E-state index is 0.357. The molecule has 0 spiro atoms. The topological polar surface area (TPSA) is 62.3 Å². The zero-order valence-electron chi connectivity index (χ0n) is 23.8. The Labute approximate surface area is 258 Å². The van der Waals surface area contributed by atoms with Crippen molar-refractivity contribution >= 4 is 51.6 Å². The van der Waals surface area contributed by atoms with E-state index in [1.165, 1.54) is 4.90 Å². The molecule has 7 heteroatoms. The number of benzene rings is 6. The number of hydrogen-bond acceptors (Lipinski definition) is 6. The van der Waals surface area contributed by atoms with Crippen LogP contribution in [0.2, 0.25) is 0 Å². The predicted molar refractivity (Wildman–Crippen MR) is 174 cm³/mol. The molecule has 3 aliphatic heterocycles. The highest BCUT2D eigenvalue weighted by atomic mass is 16.5. The highest BCUT2D eigenvalue weighted by molar-refractivity contribution is 6.34. The Kier molecular flexibility index (Phi) is 5.37. The van der Waals surface area contributed by atoms with Crippen molar-refractivity contribution < 1.29 is 19.1 Å². The summed E-state index contributed by atoms with van der Waals surface area (Å²) in [6.45, 7) is 0. The van der Waals surface area contributed by atoms with Crippen LogP contribution < -0.4 is 24.2 Å². The minimum atomic E-state index is -0.357. The van der Waals surface area contributed by atoms with Crippen molar-refractivity contribution in [1.82, 2.24) is 0 Å². The van der Waals surface area contributed by atoms with E-state index in [4.69, 9.17) is 9.47 Å². The monoisotopic (exact) mass is 585 g/mol. The van der Waals surface area contributed by atoms with E-state index in [1.807, 2.05) is 109 Å². The summed E-state index contributed by atoms with van der Waals surface area (Å²) in [6, 6.07) is 44.1. The lowest BCUT2D eigenvalue weighted by Gasteiger charge is -2.36. The van der Waals surface area contributed by atoms with Crippen LogP contribution in [-0.2, 0) is 0 Å². The van der Waals surface area contributed by atoms with E-state index in [9.17, 15) is 9.59 Å². The first-order chi connectivity index (χ1) is 22.2. The number of fused-ring (bicyclic) bond motifs is 5. The zero-order chi connectivity index (χ0) is 30.1. The Morgan fingerprint density at radius 2 is 0.644 bits per heavy atom. The molecule has 0 atom stereocenters. The summed E-state index contributed by atoms with van der Waals surface area (Å²) in [6.07, 6.45) is 0. The fourth-order valence-corrected chi connectivity index (χ4v) is 6.36. The largest absolute Gasteiger partial charge is 0.453 e. The van der Waals surface area contributed by atoms with Crippen LogP contribution in [0.3, 0.4) is 0 Å². The molecule has 0 aliphatic carbocycles. The van der Waals surface area contributed by atoms with Crippen LogP contribution in [-0.4, -0.2) is 11.8 Å². The van der Waals surface area contributed by atoms with Gasteiger partial charge in [-0.3, -0.25) is 9.59 Å². The minimum Gasteiger partial charge on any atom is -0.453 e. The van der Waals surface area contributed by atoms with Gasteiger partial charge >= 0.3 is 0 Å². The lowest BCUT2D eigenvalue weighted by Crippen LogP contribution is -2.30. The molecule has 3 heterocycles. The second-order valence-corrected chi connectivity index (χ2v) is 10.9. The van der Waals surface area contributed by atoms with Crippen LogP contribution in [0.5, 0.6) is 23.0 Å². The number of ether oxygens (including phenoxy) is 2. The van der Waals surface area contributed by atoms with Crippen molar-refractivity contribution in [2.45, 2.75) is 0 Å². The van der Waals surface area contributed by atoms with Crippen LogP contribution in [0.15, 0.2) is 140 Å². The molecule has 0 bridgehead atoms. The zero-order valence-corrected chi connectivity index (χ0v) is 23.8. The summed E-state index contributed by atoms with van der Waals surface area (Å²) < 4.78 is 12.6. The van der Waals surface area contributed by atoms with Gasteiger partial charge in [0.1, 0.15) is 0 Å². The highest BCUT2D eigenvalue weighted by Crippen LogP contribution is 2.54. The number of rotatable bonds is 3. The molecule has 214 valence electrons. The Morgan fingerprint density at radius 3 is 1.00 bits per heavy atom. The van der Waals surface area contributed by atoms with Gasteiger partial charge in [-0.1, -0.05) is 60.7 Å². The summed E-state index contributed by atoms with van der Waals surface area (Å²) in [5, 5.41) is 0. The predicted octanol–water partition coefficient (Wildman–Crippen LogP) is 9.64. The molecule has 0 fully saturated rings. The third-order valence-corrected chi connectivity index (χ3v) is 8.32. The van der Waals surface area contributed by atoms with E-state index >= 15 is 0 Å². The Balaban J connectivity index is 1.31. The van der Waals surface area contributed by atoms with Crippen LogP contribution in [0.4, 0.5) is 39.8 Å². The van der Waals surface area contributed by atoms with Gasteiger partial charge in [-0.15, -0.1) is 0 Å². The van der Waals surface area contributed by atoms with Gasteiger partial charge in [-0.2, -0.15) is 0 Å². The summed E-state index contributed by atoms with van der Waals surface area (Å²) in [5.74, 6) is 2.09. The van der Waals surface area contributed by atoms with Gasteiger partial charge in [0, 0.05) is 0 Å². The fourth-order valence-electron chi connectivity index (χ4n) is 6.36. The van der Waals surface area contributed by atoms with Gasteiger partial charge in [0.05, 0.1) is 50.9 Å². The summed E-state index contributed by atoms with van der Waals surface area (Å²) >= 11 is 0. The van der Waals surface area contributed by atoms with Gasteiger partial charge in [-0.05, 0) is 78.9 Å². The molecule has 6 aromatic carbocycles. The number of carbonyl (C=O) groups is 2. The Morgan fingerprint density at radius 1 is 0.356 bits per heavy atom. The third-order valence-electron chi connectivity index (χ3n) is 8.32. The van der Waals surface area contributed by atoms with Crippen LogP contribution in [0.1, 0.15) is 20.7 Å². The molecule has 0 N–H and O–H groups in total. The molecule has 0 aromatic heterocycles. The first-order valence-electron chi connectivity index (χ1n) is 14.6. The first kappa shape index (κ1) is 25.2. The molecule has 0 saturated carbocycles. The molecular weight excluding hydrogens is 562 g/mol. The molecule has 3 aliphatic rings. The average molecular weight is 586 g/mol. The number of amides is 2. The van der Waals surface area contributed by atoms with Crippen LogP contribution in [0, 0.1) is 0 Å². The maximum absolute atomic E-state index is 13.8. The number of anilines is 7. The normalized spacial score (nSPS) is 14.1. The Bertz CT molecular complexity index is 1970. The molecule has 45 heavy (non-hydrogen) atoms. The van der Waals surface area contributed by atoms with Crippen molar-refractivity contribution in [2.75, 3.05) is 14.7 Å². The average Bonchev–Trinajstić information content (AvgIpc) is 3.34. The van der Waals surface area contributed by atoms with Crippen molar-refractivity contribution in [1.29, 1.82) is 0 Å². The number of carbonyl (C=O) groups excluding carboxylic acids is 2. The number of nitrogens with zero attached hydrogens (tertiary/aromatic N) is 3. The SMILES string of the molecule is O=C1c2ccccc2C(=O)N1c1cc(N2c3ccccc3Oc3ccccc32)cc(N2c3ccccc3Oc3ccccc32)c1. The lowest BCUT2D eigenvalue weighted by molar-refractivity contribution is 0.0926. The summed E-state index contributed by atoms with van der Waals surface area (Å²) in [7, 11) is 0. The smallest absolute Gasteiger partial charge is 0.266 e. The number of imide groups is 1. The van der Waals surface area contributed by atoms with E-state index in [0.29, 0.717) is 39.8 Å². The number of hydrogen-bond donors (Lipinski definition) is 0. The van der Waals surface area contributed by atoms with Gasteiger partial charge in [0.15, 0.2) is 23.0 Å². The van der Waals surface area contributed by atoms with E-state index in [0.717, 1.165) is 34.1 Å². The van der Waals surface area contributed by atoms with Crippen molar-refractivity contribution in [3.05, 3.63) is 151 Å². The molecule has 0 unspecified atom stereocenters. The quantitative estimate of drug-likeness (QED) is 0.192. The van der Waals surface area contributed by atoms with Gasteiger partial charge in [-0.25, -0.2) is 4.90 Å². The molecule has 2 amide bonds. The summed E-state index contributed by atoms with van der Waals surface area (Å²) in [4.78, 5) is 33.1. The standard InChI is InChI=1S/C38H23N3O4/c42-37-27-11-1-2-12-28(27)38(43)41(37)26-22-24(39-29-13-3-7-17-33(29)44-34-18-8-4-14-30(34)39)21-25(23-26)40-31-15-5-9-19-35(31)45-36-20-10-6-16-32(36)40/h1-23H. The molecular formula is C38H23N3O4. The van der Waals surface area contributed by atoms with E-state index < -0.39 is 0 Å². The highest BCUT2D eigenvalue weighted by Gasteiger charge is 2.38. The molecule has 7 nitrogen and oxygen atoms in total.